The van der Waals surface area contributed by atoms with Crippen molar-refractivity contribution in [1.82, 2.24) is 0 Å². The normalized spacial score (nSPS) is 11.8. The number of anilines is 1. The summed E-state index contributed by atoms with van der Waals surface area (Å²) in [6, 6.07) is 5.89. The zero-order valence-corrected chi connectivity index (χ0v) is 10.6. The number of nitrogens with one attached hydrogen (secondary N) is 1. The summed E-state index contributed by atoms with van der Waals surface area (Å²) in [5, 5.41) is 13.6. The second kappa shape index (κ2) is 4.99. The molecule has 1 rings (SSSR count). The van der Waals surface area contributed by atoms with E-state index in [1.807, 2.05) is 25.1 Å². The number of benzene rings is 1. The molecule has 92 valence electrons. The molecular formula is C13H18N2O2. The molecule has 0 saturated carbocycles. The van der Waals surface area contributed by atoms with Crippen LogP contribution in [0.2, 0.25) is 0 Å². The maximum Gasteiger partial charge on any atom is 0.270 e. The second-order valence-corrected chi connectivity index (χ2v) is 5.01. The highest BCUT2D eigenvalue weighted by Crippen LogP contribution is 2.26. The third-order valence-corrected chi connectivity index (χ3v) is 2.53. The van der Waals surface area contributed by atoms with Crippen LogP contribution in [-0.2, 0) is 10.2 Å². The summed E-state index contributed by atoms with van der Waals surface area (Å²) in [5.74, 6) is -0.445. The number of hydrogen-bond acceptors (Lipinski definition) is 3. The van der Waals surface area contributed by atoms with Crippen molar-refractivity contribution in [2.24, 2.45) is 5.16 Å². The van der Waals surface area contributed by atoms with Crippen LogP contribution in [0.25, 0.3) is 0 Å². The highest BCUT2D eigenvalue weighted by molar-refractivity contribution is 6.31. The summed E-state index contributed by atoms with van der Waals surface area (Å²) in [5.41, 5.74) is 3.00. The molecule has 2 N–H and O–H groups in total. The van der Waals surface area contributed by atoms with Gasteiger partial charge in [0.2, 0.25) is 0 Å². The average molecular weight is 234 g/mol. The van der Waals surface area contributed by atoms with E-state index >= 15 is 0 Å². The summed E-state index contributed by atoms with van der Waals surface area (Å²) < 4.78 is 0. The summed E-state index contributed by atoms with van der Waals surface area (Å²) in [4.78, 5) is 11.2. The van der Waals surface area contributed by atoms with Gasteiger partial charge in [-0.3, -0.25) is 4.79 Å². The fourth-order valence-electron chi connectivity index (χ4n) is 1.49. The van der Waals surface area contributed by atoms with Gasteiger partial charge in [-0.25, -0.2) is 0 Å². The van der Waals surface area contributed by atoms with E-state index in [1.165, 1.54) is 5.56 Å². The Kier molecular flexibility index (Phi) is 3.89. The molecule has 1 aromatic carbocycles. The summed E-state index contributed by atoms with van der Waals surface area (Å²) in [6.07, 6.45) is 0.830. The van der Waals surface area contributed by atoms with E-state index in [9.17, 15) is 4.79 Å². The highest BCUT2D eigenvalue weighted by Gasteiger charge is 2.14. The minimum absolute atomic E-state index is 0.0832. The molecular weight excluding hydrogens is 216 g/mol. The number of amides is 1. The van der Waals surface area contributed by atoms with E-state index in [-0.39, 0.29) is 5.41 Å². The summed E-state index contributed by atoms with van der Waals surface area (Å²) >= 11 is 0. The number of nitrogens with zero attached hydrogens (tertiary/aromatic N) is 1. The van der Waals surface area contributed by atoms with Crippen LogP contribution < -0.4 is 5.32 Å². The van der Waals surface area contributed by atoms with E-state index in [4.69, 9.17) is 5.21 Å². The standard InChI is InChI=1S/C13H18N2O2/c1-9-7-10(13(2,3)4)5-6-11(9)15-12(16)8-14-17/h5-8,17H,1-4H3,(H,15,16). The van der Waals surface area contributed by atoms with Gasteiger partial charge in [-0.2, -0.15) is 0 Å². The van der Waals surface area contributed by atoms with Gasteiger partial charge in [0.1, 0.15) is 6.21 Å². The highest BCUT2D eigenvalue weighted by atomic mass is 16.4. The van der Waals surface area contributed by atoms with Crippen LogP contribution >= 0.6 is 0 Å². The Morgan fingerprint density at radius 3 is 2.53 bits per heavy atom. The van der Waals surface area contributed by atoms with Crippen LogP contribution in [-0.4, -0.2) is 17.3 Å². The summed E-state index contributed by atoms with van der Waals surface area (Å²) in [6.45, 7) is 8.34. The van der Waals surface area contributed by atoms with Crippen LogP contribution in [0.5, 0.6) is 0 Å². The van der Waals surface area contributed by atoms with Crippen LogP contribution in [0.3, 0.4) is 0 Å². The quantitative estimate of drug-likeness (QED) is 0.469. The molecule has 0 aliphatic rings. The molecule has 0 bridgehead atoms. The number of hydrogen-bond donors (Lipinski definition) is 2. The van der Waals surface area contributed by atoms with Gasteiger partial charge in [-0.15, -0.1) is 0 Å². The topological polar surface area (TPSA) is 61.7 Å². The molecule has 0 radical (unpaired) electrons. The second-order valence-electron chi connectivity index (χ2n) is 5.01. The van der Waals surface area contributed by atoms with Crippen molar-refractivity contribution in [3.8, 4) is 0 Å². The van der Waals surface area contributed by atoms with Gasteiger partial charge in [0.15, 0.2) is 0 Å². The first-order chi connectivity index (χ1) is 7.84. The fraction of sp³-hybridized carbons (Fsp3) is 0.385. The molecule has 4 nitrogen and oxygen atoms in total. The maximum atomic E-state index is 11.2. The summed E-state index contributed by atoms with van der Waals surface area (Å²) in [7, 11) is 0. The molecule has 0 fully saturated rings. The lowest BCUT2D eigenvalue weighted by Gasteiger charge is -2.20. The Labute approximate surface area is 101 Å². The van der Waals surface area contributed by atoms with E-state index in [2.05, 4.69) is 31.2 Å². The minimum atomic E-state index is -0.445. The third kappa shape index (κ3) is 3.59. The zero-order valence-electron chi connectivity index (χ0n) is 10.6. The lowest BCUT2D eigenvalue weighted by atomic mass is 9.86. The molecule has 0 aromatic heterocycles. The van der Waals surface area contributed by atoms with Gasteiger partial charge in [0, 0.05) is 5.69 Å². The zero-order chi connectivity index (χ0) is 13.1. The van der Waals surface area contributed by atoms with Crippen LogP contribution in [0.1, 0.15) is 31.9 Å². The van der Waals surface area contributed by atoms with Crippen molar-refractivity contribution >= 4 is 17.8 Å². The number of carbonyl (C=O) groups excluding carboxylic acids is 1. The first-order valence-electron chi connectivity index (χ1n) is 5.44. The molecule has 0 atom stereocenters. The smallest absolute Gasteiger partial charge is 0.270 e. The first-order valence-corrected chi connectivity index (χ1v) is 5.44. The van der Waals surface area contributed by atoms with Gasteiger partial charge >= 0.3 is 0 Å². The van der Waals surface area contributed by atoms with Crippen molar-refractivity contribution in [3.63, 3.8) is 0 Å². The molecule has 0 aliphatic heterocycles. The molecule has 17 heavy (non-hydrogen) atoms. The molecule has 0 saturated heterocycles. The van der Waals surface area contributed by atoms with E-state index in [0.717, 1.165) is 17.5 Å². The Bertz CT molecular complexity index is 445. The van der Waals surface area contributed by atoms with Crippen LogP contribution in [0.4, 0.5) is 5.69 Å². The van der Waals surface area contributed by atoms with Gasteiger partial charge in [0.05, 0.1) is 0 Å². The number of rotatable bonds is 2. The third-order valence-electron chi connectivity index (χ3n) is 2.53. The number of oxime groups is 1. The molecule has 1 amide bonds. The fourth-order valence-corrected chi connectivity index (χ4v) is 1.49. The van der Waals surface area contributed by atoms with Crippen molar-refractivity contribution in [2.45, 2.75) is 33.1 Å². The van der Waals surface area contributed by atoms with E-state index in [0.29, 0.717) is 0 Å². The lowest BCUT2D eigenvalue weighted by molar-refractivity contribution is -0.110. The number of aryl methyl sites for hydroxylation is 1. The Morgan fingerprint density at radius 2 is 2.06 bits per heavy atom. The van der Waals surface area contributed by atoms with E-state index < -0.39 is 5.91 Å². The average Bonchev–Trinajstić information content (AvgIpc) is 2.20. The molecule has 4 heteroatoms. The maximum absolute atomic E-state index is 11.2. The van der Waals surface area contributed by atoms with E-state index in [1.54, 1.807) is 0 Å². The molecule has 0 unspecified atom stereocenters. The van der Waals surface area contributed by atoms with Crippen molar-refractivity contribution < 1.29 is 10.0 Å². The molecule has 0 heterocycles. The monoisotopic (exact) mass is 234 g/mol. The van der Waals surface area contributed by atoms with Gasteiger partial charge < -0.3 is 10.5 Å². The largest absolute Gasteiger partial charge is 0.411 e. The van der Waals surface area contributed by atoms with Gasteiger partial charge in [-0.05, 0) is 29.5 Å². The Balaban J connectivity index is 2.95. The lowest BCUT2D eigenvalue weighted by Crippen LogP contribution is -2.15. The molecule has 0 aliphatic carbocycles. The van der Waals surface area contributed by atoms with Crippen molar-refractivity contribution in [1.29, 1.82) is 0 Å². The Hall–Kier alpha value is -1.84. The molecule has 0 spiro atoms. The minimum Gasteiger partial charge on any atom is -0.411 e. The van der Waals surface area contributed by atoms with Crippen LogP contribution in [0, 0.1) is 6.92 Å². The predicted molar refractivity (Wildman–Crippen MR) is 68.8 cm³/mol. The van der Waals surface area contributed by atoms with Crippen molar-refractivity contribution in [2.75, 3.05) is 5.32 Å². The van der Waals surface area contributed by atoms with Gasteiger partial charge in [0.25, 0.3) is 5.91 Å². The molecule has 1 aromatic rings. The number of carbonyl (C=O) groups is 1. The Morgan fingerprint density at radius 1 is 1.41 bits per heavy atom. The van der Waals surface area contributed by atoms with Gasteiger partial charge in [-0.1, -0.05) is 38.1 Å². The first kappa shape index (κ1) is 13.2. The van der Waals surface area contributed by atoms with Crippen molar-refractivity contribution in [3.05, 3.63) is 29.3 Å². The predicted octanol–water partition coefficient (Wildman–Crippen LogP) is 2.69. The SMILES string of the molecule is Cc1cc(C(C)(C)C)ccc1NC(=O)C=NO. The van der Waals surface area contributed by atoms with Crippen LogP contribution in [0.15, 0.2) is 23.4 Å².